The molecule has 0 aliphatic rings. The average Bonchev–Trinajstić information content (AvgIpc) is 2.47. The zero-order chi connectivity index (χ0) is 16.0. The van der Waals surface area contributed by atoms with Crippen molar-refractivity contribution < 1.29 is 12.6 Å². The van der Waals surface area contributed by atoms with Gasteiger partial charge in [-0.15, -0.1) is 0 Å². The van der Waals surface area contributed by atoms with E-state index in [0.717, 1.165) is 6.42 Å². The Morgan fingerprint density at radius 1 is 0.818 bits per heavy atom. The van der Waals surface area contributed by atoms with Crippen LogP contribution in [0.3, 0.4) is 0 Å². The Morgan fingerprint density at radius 2 is 1.27 bits per heavy atom. The molecule has 0 spiro atoms. The molecular formula is C17H39NO3S. The summed E-state index contributed by atoms with van der Waals surface area (Å²) < 4.78 is 26.9. The van der Waals surface area contributed by atoms with Crippen molar-refractivity contribution in [2.75, 3.05) is 12.9 Å². The molecule has 0 fully saturated rings. The molecule has 0 bridgehead atoms. The van der Waals surface area contributed by atoms with Crippen LogP contribution >= 0.6 is 0 Å². The van der Waals surface area contributed by atoms with Gasteiger partial charge in [0.2, 0.25) is 0 Å². The van der Waals surface area contributed by atoms with Gasteiger partial charge in [0.25, 0.3) is 10.1 Å². The molecule has 4 nitrogen and oxygen atoms in total. The van der Waals surface area contributed by atoms with E-state index in [2.05, 4.69) is 18.0 Å². The van der Waals surface area contributed by atoms with Crippen LogP contribution < -0.4 is 6.15 Å². The number of rotatable bonds is 15. The van der Waals surface area contributed by atoms with E-state index in [1.807, 2.05) is 0 Å². The van der Waals surface area contributed by atoms with Crippen LogP contribution in [0.5, 0.6) is 0 Å². The molecule has 0 amide bonds. The Labute approximate surface area is 139 Å². The van der Waals surface area contributed by atoms with Crippen LogP contribution in [0.2, 0.25) is 0 Å². The van der Waals surface area contributed by atoms with Crippen molar-refractivity contribution in [3.05, 3.63) is 0 Å². The fraction of sp³-hybridized carbons (Fsp3) is 1.00. The maximum atomic E-state index is 11.2. The number of unbranched alkanes of at least 4 members (excludes halogenated alkanes) is 9. The zero-order valence-electron chi connectivity index (χ0n) is 15.1. The first-order valence-corrected chi connectivity index (χ1v) is 10.4. The third-order valence-electron chi connectivity index (χ3n) is 4.17. The van der Waals surface area contributed by atoms with Crippen LogP contribution in [-0.2, 0) is 14.3 Å². The van der Waals surface area contributed by atoms with Gasteiger partial charge in [0.1, 0.15) is 0 Å². The summed E-state index contributed by atoms with van der Waals surface area (Å²) in [6.07, 6.45) is 15.3. The van der Waals surface area contributed by atoms with E-state index in [1.54, 1.807) is 0 Å². The molecule has 0 aliphatic carbocycles. The van der Waals surface area contributed by atoms with Crippen LogP contribution in [0.1, 0.15) is 90.9 Å². The minimum absolute atomic E-state index is 0. The average molecular weight is 338 g/mol. The van der Waals surface area contributed by atoms with E-state index in [1.165, 1.54) is 71.3 Å². The molecule has 0 saturated carbocycles. The lowest BCUT2D eigenvalue weighted by atomic mass is 9.99. The van der Waals surface area contributed by atoms with Gasteiger partial charge in [0.05, 0.1) is 12.9 Å². The first-order chi connectivity index (χ1) is 10.0. The lowest BCUT2D eigenvalue weighted by Crippen LogP contribution is -2.11. The first-order valence-electron chi connectivity index (χ1n) is 8.80. The van der Waals surface area contributed by atoms with Crippen molar-refractivity contribution in [3.8, 4) is 0 Å². The van der Waals surface area contributed by atoms with Gasteiger partial charge in [0.15, 0.2) is 0 Å². The lowest BCUT2D eigenvalue weighted by molar-refractivity contribution is 0.389. The summed E-state index contributed by atoms with van der Waals surface area (Å²) in [5, 5.41) is 0. The maximum absolute atomic E-state index is 11.2. The molecule has 22 heavy (non-hydrogen) atoms. The van der Waals surface area contributed by atoms with Crippen LogP contribution in [-0.4, -0.2) is 21.3 Å². The third kappa shape index (κ3) is 16.2. The molecule has 0 radical (unpaired) electrons. The van der Waals surface area contributed by atoms with E-state index < -0.39 is 10.1 Å². The normalized spacial score (nSPS) is 12.9. The summed E-state index contributed by atoms with van der Waals surface area (Å²) in [6, 6.07) is 0. The molecule has 0 rings (SSSR count). The molecule has 5 heteroatoms. The Hall–Kier alpha value is -0.130. The van der Waals surface area contributed by atoms with E-state index in [4.69, 9.17) is 0 Å². The van der Waals surface area contributed by atoms with Crippen molar-refractivity contribution >= 4 is 10.1 Å². The van der Waals surface area contributed by atoms with Gasteiger partial charge in [-0.2, -0.15) is 8.42 Å². The highest BCUT2D eigenvalue weighted by Gasteiger charge is 2.11. The Bertz CT molecular complexity index is 318. The molecule has 1 unspecified atom stereocenters. The number of hydrogen-bond donors (Lipinski definition) is 1. The molecule has 3 N–H and O–H groups in total. The summed E-state index contributed by atoms with van der Waals surface area (Å²) >= 11 is 0. The van der Waals surface area contributed by atoms with E-state index in [0.29, 0.717) is 12.3 Å². The minimum Gasteiger partial charge on any atom is -0.344 e. The van der Waals surface area contributed by atoms with Crippen LogP contribution in [0.4, 0.5) is 0 Å². The van der Waals surface area contributed by atoms with Crippen LogP contribution in [0.25, 0.3) is 0 Å². The lowest BCUT2D eigenvalue weighted by Gasteiger charge is -2.10. The van der Waals surface area contributed by atoms with E-state index in [-0.39, 0.29) is 11.9 Å². The summed E-state index contributed by atoms with van der Waals surface area (Å²) in [4.78, 5) is 0. The van der Waals surface area contributed by atoms with Gasteiger partial charge in [0, 0.05) is 0 Å². The molecule has 0 aromatic carbocycles. The quantitative estimate of drug-likeness (QED) is 0.318. The largest absolute Gasteiger partial charge is 0.344 e. The van der Waals surface area contributed by atoms with Crippen molar-refractivity contribution in [2.24, 2.45) is 5.92 Å². The monoisotopic (exact) mass is 337 g/mol. The van der Waals surface area contributed by atoms with Crippen LogP contribution in [0.15, 0.2) is 0 Å². The van der Waals surface area contributed by atoms with Gasteiger partial charge >= 0.3 is 0 Å². The van der Waals surface area contributed by atoms with Crippen molar-refractivity contribution in [2.45, 2.75) is 90.9 Å². The van der Waals surface area contributed by atoms with Crippen molar-refractivity contribution in [1.82, 2.24) is 6.15 Å². The zero-order valence-corrected chi connectivity index (χ0v) is 15.9. The predicted octanol–water partition coefficient (Wildman–Crippen LogP) is 5.46. The molecule has 0 aromatic rings. The summed E-state index contributed by atoms with van der Waals surface area (Å²) in [6.45, 7) is 4.39. The van der Waals surface area contributed by atoms with Crippen molar-refractivity contribution in [1.29, 1.82) is 0 Å². The highest BCUT2D eigenvalue weighted by atomic mass is 32.2. The molecule has 0 aliphatic heterocycles. The van der Waals surface area contributed by atoms with Gasteiger partial charge in [-0.05, 0) is 12.3 Å². The van der Waals surface area contributed by atoms with Crippen molar-refractivity contribution in [3.63, 3.8) is 0 Å². The second-order valence-corrected chi connectivity index (χ2v) is 8.15. The molecule has 0 heterocycles. The summed E-state index contributed by atoms with van der Waals surface area (Å²) in [5.74, 6) is 0.631. The van der Waals surface area contributed by atoms with Gasteiger partial charge in [-0.3, -0.25) is 4.18 Å². The van der Waals surface area contributed by atoms with Gasteiger partial charge in [-0.1, -0.05) is 84.5 Å². The molecule has 136 valence electrons. The summed E-state index contributed by atoms with van der Waals surface area (Å²) in [5.41, 5.74) is 0. The predicted molar refractivity (Wildman–Crippen MR) is 96.1 cm³/mol. The second kappa shape index (κ2) is 15.8. The molecule has 0 saturated heterocycles. The SMILES string of the molecule is CCCCCCCCCCCCC(C)CCS(=O)(=O)OC.N. The first kappa shape index (κ1) is 24.1. The van der Waals surface area contributed by atoms with E-state index in [9.17, 15) is 8.42 Å². The van der Waals surface area contributed by atoms with Gasteiger partial charge in [-0.25, -0.2) is 0 Å². The molecule has 0 aromatic heterocycles. The smallest absolute Gasteiger partial charge is 0.267 e. The third-order valence-corrected chi connectivity index (χ3v) is 5.41. The molecular weight excluding hydrogens is 298 g/mol. The minimum atomic E-state index is -3.27. The Morgan fingerprint density at radius 3 is 1.73 bits per heavy atom. The van der Waals surface area contributed by atoms with E-state index >= 15 is 0 Å². The standard InChI is InChI=1S/C17H36O3S.H3N/c1-4-5-6-7-8-9-10-11-12-13-14-17(2)15-16-21(18,19)20-3;/h17H,4-16H2,1-3H3;1H3. The summed E-state index contributed by atoms with van der Waals surface area (Å²) in [7, 11) is -2.03. The number of hydrogen-bond acceptors (Lipinski definition) is 4. The molecule has 1 atom stereocenters. The topological polar surface area (TPSA) is 78.4 Å². The second-order valence-electron chi connectivity index (χ2n) is 6.29. The van der Waals surface area contributed by atoms with Gasteiger partial charge < -0.3 is 6.15 Å². The Balaban J connectivity index is 0. The fourth-order valence-corrected chi connectivity index (χ4v) is 3.41. The maximum Gasteiger partial charge on any atom is 0.267 e. The highest BCUT2D eigenvalue weighted by Crippen LogP contribution is 2.16. The fourth-order valence-electron chi connectivity index (χ4n) is 2.55. The van der Waals surface area contributed by atoms with Crippen LogP contribution in [0, 0.1) is 5.92 Å². The highest BCUT2D eigenvalue weighted by molar-refractivity contribution is 7.86. The Kier molecular flexibility index (Phi) is 17.3.